The van der Waals surface area contributed by atoms with E-state index in [2.05, 4.69) is 21.2 Å². The predicted octanol–water partition coefficient (Wildman–Crippen LogP) is 4.09. The Hall–Kier alpha value is -1.66. The third kappa shape index (κ3) is 3.71. The lowest BCUT2D eigenvalue weighted by Crippen LogP contribution is -2.11. The summed E-state index contributed by atoms with van der Waals surface area (Å²) in [5, 5.41) is 3.15. The van der Waals surface area contributed by atoms with E-state index >= 15 is 0 Å². The van der Waals surface area contributed by atoms with Gasteiger partial charge in [-0.05, 0) is 39.7 Å². The van der Waals surface area contributed by atoms with E-state index in [4.69, 9.17) is 17.3 Å². The Morgan fingerprint density at radius 3 is 2.57 bits per heavy atom. The highest BCUT2D eigenvalue weighted by atomic mass is 79.9. The maximum Gasteiger partial charge on any atom is 0.248 e. The quantitative estimate of drug-likeness (QED) is 0.791. The van der Waals surface area contributed by atoms with Crippen molar-refractivity contribution in [3.63, 3.8) is 0 Å². The van der Waals surface area contributed by atoms with Crippen LogP contribution in [0.1, 0.15) is 15.9 Å². The fourth-order valence-corrected chi connectivity index (χ4v) is 2.28. The first kappa shape index (κ1) is 15.7. The molecule has 0 aliphatic carbocycles. The first-order chi connectivity index (χ1) is 9.88. The summed E-state index contributed by atoms with van der Waals surface area (Å²) in [6.07, 6.45) is 0. The van der Waals surface area contributed by atoms with Gasteiger partial charge in [-0.3, -0.25) is 4.79 Å². The molecule has 3 N–H and O–H groups in total. The van der Waals surface area contributed by atoms with E-state index < -0.39 is 17.5 Å². The lowest BCUT2D eigenvalue weighted by Gasteiger charge is -2.10. The van der Waals surface area contributed by atoms with Gasteiger partial charge in [0.1, 0.15) is 11.6 Å². The summed E-state index contributed by atoms with van der Waals surface area (Å²) in [6, 6.07) is 6.67. The van der Waals surface area contributed by atoms with Crippen molar-refractivity contribution in [3.05, 3.63) is 62.6 Å². The molecule has 110 valence electrons. The number of carbonyl (C=O) groups is 1. The summed E-state index contributed by atoms with van der Waals surface area (Å²) in [4.78, 5) is 11.0. The van der Waals surface area contributed by atoms with Crippen molar-refractivity contribution >= 4 is 39.1 Å². The first-order valence-electron chi connectivity index (χ1n) is 5.85. The molecule has 0 saturated carbocycles. The minimum absolute atomic E-state index is 0.137. The molecule has 2 aromatic rings. The second kappa shape index (κ2) is 6.41. The molecule has 0 bridgehead atoms. The van der Waals surface area contributed by atoms with Gasteiger partial charge in [0.2, 0.25) is 5.91 Å². The van der Waals surface area contributed by atoms with Crippen LogP contribution in [0.4, 0.5) is 14.5 Å². The van der Waals surface area contributed by atoms with Crippen molar-refractivity contribution in [2.45, 2.75) is 6.54 Å². The molecular formula is C14H10BrClF2N2O. The van der Waals surface area contributed by atoms with Crippen LogP contribution in [0.15, 0.2) is 34.8 Å². The number of anilines is 1. The minimum atomic E-state index is -0.708. The number of primary amides is 1. The maximum atomic E-state index is 13.6. The molecular weight excluding hydrogens is 366 g/mol. The van der Waals surface area contributed by atoms with Crippen LogP contribution < -0.4 is 11.1 Å². The zero-order chi connectivity index (χ0) is 15.6. The molecule has 0 radical (unpaired) electrons. The van der Waals surface area contributed by atoms with Gasteiger partial charge in [-0.2, -0.15) is 0 Å². The van der Waals surface area contributed by atoms with E-state index in [1.54, 1.807) is 6.07 Å². The van der Waals surface area contributed by atoms with Crippen LogP contribution in [-0.2, 0) is 6.54 Å². The van der Waals surface area contributed by atoms with Crippen LogP contribution in [0.5, 0.6) is 0 Å². The van der Waals surface area contributed by atoms with E-state index in [0.29, 0.717) is 16.1 Å². The average molecular weight is 376 g/mol. The van der Waals surface area contributed by atoms with Gasteiger partial charge < -0.3 is 11.1 Å². The molecule has 0 heterocycles. The molecule has 0 fully saturated rings. The fraction of sp³-hybridized carbons (Fsp3) is 0.0714. The molecule has 0 aliphatic heterocycles. The molecule has 0 aliphatic rings. The SMILES string of the molecule is NC(=O)c1ccc(CNc2cc(Br)c(F)cc2F)c(Cl)c1. The molecule has 2 aromatic carbocycles. The van der Waals surface area contributed by atoms with Crippen molar-refractivity contribution in [1.29, 1.82) is 0 Å². The standard InChI is InChI=1S/C14H10BrClF2N2O/c15-9-4-13(12(18)5-11(9)17)20-6-8-2-1-7(14(19)21)3-10(8)16/h1-5,20H,6H2,(H2,19,21). The lowest BCUT2D eigenvalue weighted by molar-refractivity contribution is 0.100. The molecule has 0 aromatic heterocycles. The minimum Gasteiger partial charge on any atom is -0.379 e. The lowest BCUT2D eigenvalue weighted by atomic mass is 10.1. The van der Waals surface area contributed by atoms with Crippen molar-refractivity contribution < 1.29 is 13.6 Å². The number of rotatable bonds is 4. The van der Waals surface area contributed by atoms with Gasteiger partial charge in [-0.1, -0.05) is 17.7 Å². The molecule has 0 saturated heterocycles. The Bertz CT molecular complexity index is 710. The number of hydrogen-bond donors (Lipinski definition) is 2. The molecule has 1 amide bonds. The Morgan fingerprint density at radius 1 is 1.24 bits per heavy atom. The predicted molar refractivity (Wildman–Crippen MR) is 81.4 cm³/mol. The van der Waals surface area contributed by atoms with E-state index in [1.165, 1.54) is 18.2 Å². The summed E-state index contributed by atoms with van der Waals surface area (Å²) in [6.45, 7) is 0.215. The number of nitrogens with one attached hydrogen (secondary N) is 1. The maximum absolute atomic E-state index is 13.6. The van der Waals surface area contributed by atoms with E-state index in [9.17, 15) is 13.6 Å². The number of hydrogen-bond acceptors (Lipinski definition) is 2. The molecule has 7 heteroatoms. The summed E-state index contributed by atoms with van der Waals surface area (Å²) in [5.74, 6) is -1.97. The average Bonchev–Trinajstić information content (AvgIpc) is 2.42. The molecule has 21 heavy (non-hydrogen) atoms. The second-order valence-corrected chi connectivity index (χ2v) is 5.53. The van der Waals surface area contributed by atoms with Crippen LogP contribution in [0.3, 0.4) is 0 Å². The third-order valence-electron chi connectivity index (χ3n) is 2.82. The Kier molecular flexibility index (Phi) is 4.80. The normalized spacial score (nSPS) is 10.5. The largest absolute Gasteiger partial charge is 0.379 e. The fourth-order valence-electron chi connectivity index (χ4n) is 1.69. The van der Waals surface area contributed by atoms with E-state index in [0.717, 1.165) is 6.07 Å². The van der Waals surface area contributed by atoms with Gasteiger partial charge in [-0.15, -0.1) is 0 Å². The molecule has 0 spiro atoms. The van der Waals surface area contributed by atoms with Crippen LogP contribution in [-0.4, -0.2) is 5.91 Å². The van der Waals surface area contributed by atoms with Crippen molar-refractivity contribution in [2.75, 3.05) is 5.32 Å². The van der Waals surface area contributed by atoms with Gasteiger partial charge in [0, 0.05) is 23.2 Å². The monoisotopic (exact) mass is 374 g/mol. The van der Waals surface area contributed by atoms with Crippen molar-refractivity contribution in [2.24, 2.45) is 5.73 Å². The Morgan fingerprint density at radius 2 is 1.95 bits per heavy atom. The molecule has 0 unspecified atom stereocenters. The van der Waals surface area contributed by atoms with Gasteiger partial charge in [-0.25, -0.2) is 8.78 Å². The zero-order valence-corrected chi connectivity index (χ0v) is 12.9. The molecule has 2 rings (SSSR count). The summed E-state index contributed by atoms with van der Waals surface area (Å²) in [7, 11) is 0. The summed E-state index contributed by atoms with van der Waals surface area (Å²) < 4.78 is 26.9. The Balaban J connectivity index is 2.17. The number of benzene rings is 2. The van der Waals surface area contributed by atoms with E-state index in [-0.39, 0.29) is 16.7 Å². The van der Waals surface area contributed by atoms with Gasteiger partial charge >= 0.3 is 0 Å². The van der Waals surface area contributed by atoms with E-state index in [1.807, 2.05) is 0 Å². The highest BCUT2D eigenvalue weighted by Crippen LogP contribution is 2.25. The van der Waals surface area contributed by atoms with Gasteiger partial charge in [0.25, 0.3) is 0 Å². The smallest absolute Gasteiger partial charge is 0.248 e. The first-order valence-corrected chi connectivity index (χ1v) is 7.02. The number of carbonyl (C=O) groups excluding carboxylic acids is 1. The topological polar surface area (TPSA) is 55.1 Å². The van der Waals surface area contributed by atoms with Crippen LogP contribution in [0.2, 0.25) is 5.02 Å². The van der Waals surface area contributed by atoms with Crippen molar-refractivity contribution in [1.82, 2.24) is 0 Å². The summed E-state index contributed by atoms with van der Waals surface area (Å²) >= 11 is 9.01. The van der Waals surface area contributed by atoms with Crippen molar-refractivity contribution in [3.8, 4) is 0 Å². The summed E-state index contributed by atoms with van der Waals surface area (Å²) in [5.41, 5.74) is 6.23. The number of amides is 1. The zero-order valence-electron chi connectivity index (χ0n) is 10.6. The number of nitrogens with two attached hydrogens (primary N) is 1. The van der Waals surface area contributed by atoms with Crippen LogP contribution in [0, 0.1) is 11.6 Å². The molecule has 3 nitrogen and oxygen atoms in total. The second-order valence-electron chi connectivity index (χ2n) is 4.27. The van der Waals surface area contributed by atoms with Gasteiger partial charge in [0.15, 0.2) is 0 Å². The highest BCUT2D eigenvalue weighted by Gasteiger charge is 2.10. The van der Waals surface area contributed by atoms with Gasteiger partial charge in [0.05, 0.1) is 10.2 Å². The van der Waals surface area contributed by atoms with Crippen LogP contribution >= 0.6 is 27.5 Å². The van der Waals surface area contributed by atoms with Crippen LogP contribution in [0.25, 0.3) is 0 Å². The third-order valence-corrected chi connectivity index (χ3v) is 3.78. The highest BCUT2D eigenvalue weighted by molar-refractivity contribution is 9.10. The number of halogens is 4. The Labute approximate surface area is 133 Å². The molecule has 0 atom stereocenters.